The number of nitrogens with zero attached hydrogens (tertiary/aromatic N) is 3. The van der Waals surface area contributed by atoms with Crippen LogP contribution in [0.4, 0.5) is 0 Å². The molecule has 0 aliphatic carbocycles. The lowest BCUT2D eigenvalue weighted by molar-refractivity contribution is 0.0697. The number of likely N-dealkylation sites (N-methyl/N-ethyl adjacent to an activating group) is 1. The highest BCUT2D eigenvalue weighted by molar-refractivity contribution is 7.80. The van der Waals surface area contributed by atoms with Crippen LogP contribution in [0.1, 0.15) is 52.0 Å². The Morgan fingerprint density at radius 2 is 1.93 bits per heavy atom. The lowest BCUT2D eigenvalue weighted by Crippen LogP contribution is -2.29. The van der Waals surface area contributed by atoms with E-state index in [4.69, 9.17) is 12.2 Å². The van der Waals surface area contributed by atoms with Crippen molar-refractivity contribution in [2.45, 2.75) is 32.9 Å². The van der Waals surface area contributed by atoms with Gasteiger partial charge in [0.05, 0.1) is 29.0 Å². The van der Waals surface area contributed by atoms with E-state index in [9.17, 15) is 9.90 Å². The topological polar surface area (TPSA) is 70.4 Å². The van der Waals surface area contributed by atoms with E-state index in [0.717, 1.165) is 29.2 Å². The van der Waals surface area contributed by atoms with Gasteiger partial charge >= 0.3 is 5.97 Å². The standard InChI is InChI=1S/C23H24N4O2S/c1-4-26-21(20(25-23(26)30)18-10-7-8-12-24-18)17-13-14(2)27(15(17)3)19-11-6-5-9-16(19)22(28)29/h5-13,20-21H,4H2,1-3H3,(H,25,30)(H,28,29)/t20-,21+/m1/s1. The number of aromatic carboxylic acids is 1. The third kappa shape index (κ3) is 3.25. The highest BCUT2D eigenvalue weighted by Crippen LogP contribution is 2.41. The number of benzene rings is 1. The lowest BCUT2D eigenvalue weighted by Gasteiger charge is -2.27. The predicted molar refractivity (Wildman–Crippen MR) is 120 cm³/mol. The van der Waals surface area contributed by atoms with Crippen molar-refractivity contribution in [3.05, 3.63) is 82.9 Å². The van der Waals surface area contributed by atoms with Gasteiger partial charge in [0.1, 0.15) is 0 Å². The fourth-order valence-corrected chi connectivity index (χ4v) is 4.76. The van der Waals surface area contributed by atoms with Crippen molar-refractivity contribution in [1.82, 2.24) is 19.8 Å². The van der Waals surface area contributed by atoms with Gasteiger partial charge in [-0.25, -0.2) is 4.79 Å². The summed E-state index contributed by atoms with van der Waals surface area (Å²) in [7, 11) is 0. The van der Waals surface area contributed by atoms with Crippen LogP contribution in [-0.4, -0.2) is 37.2 Å². The van der Waals surface area contributed by atoms with Gasteiger partial charge in [0.25, 0.3) is 0 Å². The number of pyridine rings is 1. The summed E-state index contributed by atoms with van der Waals surface area (Å²) in [6.07, 6.45) is 1.79. The van der Waals surface area contributed by atoms with E-state index < -0.39 is 5.97 Å². The summed E-state index contributed by atoms with van der Waals surface area (Å²) in [6.45, 7) is 6.88. The van der Waals surface area contributed by atoms with Crippen molar-refractivity contribution in [2.24, 2.45) is 0 Å². The van der Waals surface area contributed by atoms with Crippen molar-refractivity contribution in [1.29, 1.82) is 0 Å². The van der Waals surface area contributed by atoms with Crippen LogP contribution in [-0.2, 0) is 0 Å². The molecule has 30 heavy (non-hydrogen) atoms. The molecule has 2 atom stereocenters. The monoisotopic (exact) mass is 420 g/mol. The molecule has 3 aromatic rings. The first-order valence-corrected chi connectivity index (χ1v) is 10.3. The van der Waals surface area contributed by atoms with Gasteiger partial charge in [0.2, 0.25) is 0 Å². The highest BCUT2D eigenvalue weighted by Gasteiger charge is 2.40. The summed E-state index contributed by atoms with van der Waals surface area (Å²) in [4.78, 5) is 18.5. The maximum atomic E-state index is 11.8. The number of rotatable bonds is 5. The molecule has 1 fully saturated rings. The van der Waals surface area contributed by atoms with Gasteiger partial charge in [-0.1, -0.05) is 18.2 Å². The molecule has 7 heteroatoms. The van der Waals surface area contributed by atoms with Crippen LogP contribution in [0.3, 0.4) is 0 Å². The van der Waals surface area contributed by atoms with Gasteiger partial charge in [0.15, 0.2) is 5.11 Å². The van der Waals surface area contributed by atoms with Crippen molar-refractivity contribution in [3.8, 4) is 5.69 Å². The van der Waals surface area contributed by atoms with Crippen molar-refractivity contribution in [3.63, 3.8) is 0 Å². The Hall–Kier alpha value is -3.19. The first kappa shape index (κ1) is 20.1. The third-order valence-electron chi connectivity index (χ3n) is 5.70. The van der Waals surface area contributed by atoms with Crippen LogP contribution >= 0.6 is 12.2 Å². The van der Waals surface area contributed by atoms with Gasteiger partial charge in [-0.3, -0.25) is 4.98 Å². The quantitative estimate of drug-likeness (QED) is 0.604. The van der Waals surface area contributed by atoms with Crippen LogP contribution in [0.2, 0.25) is 0 Å². The second-order valence-electron chi connectivity index (χ2n) is 7.40. The minimum Gasteiger partial charge on any atom is -0.478 e. The van der Waals surface area contributed by atoms with Gasteiger partial charge < -0.3 is 19.9 Å². The molecular weight excluding hydrogens is 396 g/mol. The molecule has 4 rings (SSSR count). The van der Waals surface area contributed by atoms with E-state index in [2.05, 4.69) is 28.2 Å². The second kappa shape index (κ2) is 7.91. The van der Waals surface area contributed by atoms with E-state index in [1.807, 2.05) is 48.7 Å². The molecule has 1 aliphatic rings. The first-order valence-electron chi connectivity index (χ1n) is 9.93. The molecule has 1 aliphatic heterocycles. The summed E-state index contributed by atoms with van der Waals surface area (Å²) in [5, 5.41) is 13.8. The average molecular weight is 421 g/mol. The Bertz CT molecular complexity index is 1110. The number of carboxylic acids is 1. The fourth-order valence-electron chi connectivity index (χ4n) is 4.39. The molecule has 0 unspecified atom stereocenters. The highest BCUT2D eigenvalue weighted by atomic mass is 32.1. The summed E-state index contributed by atoms with van der Waals surface area (Å²) >= 11 is 5.63. The number of carboxylic acid groups (broad SMARTS) is 1. The van der Waals surface area contributed by atoms with E-state index in [-0.39, 0.29) is 17.6 Å². The lowest BCUT2D eigenvalue weighted by atomic mass is 9.97. The number of aromatic nitrogens is 2. The third-order valence-corrected chi connectivity index (χ3v) is 6.06. The number of nitrogens with one attached hydrogen (secondary N) is 1. The van der Waals surface area contributed by atoms with Gasteiger partial charge in [0, 0.05) is 24.1 Å². The zero-order chi connectivity index (χ0) is 21.4. The van der Waals surface area contributed by atoms with Gasteiger partial charge in [-0.2, -0.15) is 0 Å². The molecule has 1 saturated heterocycles. The summed E-state index contributed by atoms with van der Waals surface area (Å²) < 4.78 is 2.02. The molecule has 2 aromatic heterocycles. The van der Waals surface area contributed by atoms with Crippen molar-refractivity contribution < 1.29 is 9.90 Å². The molecule has 0 saturated carbocycles. The fraction of sp³-hybridized carbons (Fsp3) is 0.261. The largest absolute Gasteiger partial charge is 0.478 e. The zero-order valence-electron chi connectivity index (χ0n) is 17.2. The number of hydrogen-bond donors (Lipinski definition) is 2. The van der Waals surface area contributed by atoms with Crippen LogP contribution in [0, 0.1) is 13.8 Å². The number of thiocarbonyl (C=S) groups is 1. The Labute approximate surface area is 181 Å². The van der Waals surface area contributed by atoms with Crippen molar-refractivity contribution in [2.75, 3.05) is 6.54 Å². The molecule has 0 bridgehead atoms. The van der Waals surface area contributed by atoms with Crippen LogP contribution in [0.25, 0.3) is 5.69 Å². The predicted octanol–water partition coefficient (Wildman–Crippen LogP) is 4.18. The molecule has 0 radical (unpaired) electrons. The SMILES string of the molecule is CCN1C(=S)N[C@H](c2ccccn2)[C@@H]1c1cc(C)n(-c2ccccc2C(=O)O)c1C. The summed E-state index contributed by atoms with van der Waals surface area (Å²) in [6, 6.07) is 15.0. The minimum absolute atomic E-state index is 0.0330. The average Bonchev–Trinajstić information content (AvgIpc) is 3.23. The van der Waals surface area contributed by atoms with Gasteiger partial charge in [-0.05, 0) is 68.9 Å². The normalized spacial score (nSPS) is 18.5. The summed E-state index contributed by atoms with van der Waals surface area (Å²) in [5.74, 6) is -0.940. The molecule has 3 heterocycles. The van der Waals surface area contributed by atoms with Crippen LogP contribution in [0.5, 0.6) is 0 Å². The zero-order valence-corrected chi connectivity index (χ0v) is 18.0. The number of carbonyl (C=O) groups is 1. The van der Waals surface area contributed by atoms with E-state index in [1.54, 1.807) is 18.3 Å². The Balaban J connectivity index is 1.87. The van der Waals surface area contributed by atoms with E-state index in [0.29, 0.717) is 10.8 Å². The molecule has 0 spiro atoms. The molecular formula is C23H24N4O2S. The van der Waals surface area contributed by atoms with E-state index in [1.165, 1.54) is 0 Å². The smallest absolute Gasteiger partial charge is 0.337 e. The Morgan fingerprint density at radius 3 is 2.60 bits per heavy atom. The van der Waals surface area contributed by atoms with Crippen LogP contribution < -0.4 is 5.32 Å². The number of aryl methyl sites for hydroxylation is 1. The first-order chi connectivity index (χ1) is 14.4. The molecule has 0 amide bonds. The van der Waals surface area contributed by atoms with Crippen molar-refractivity contribution >= 4 is 23.3 Å². The molecule has 154 valence electrons. The maximum Gasteiger partial charge on any atom is 0.337 e. The van der Waals surface area contributed by atoms with Gasteiger partial charge in [-0.15, -0.1) is 0 Å². The number of para-hydroxylation sites is 1. The molecule has 2 N–H and O–H groups in total. The Morgan fingerprint density at radius 1 is 1.20 bits per heavy atom. The summed E-state index contributed by atoms with van der Waals surface area (Å²) in [5.41, 5.74) is 4.95. The second-order valence-corrected chi connectivity index (χ2v) is 7.78. The Kier molecular flexibility index (Phi) is 5.30. The minimum atomic E-state index is -0.940. The van der Waals surface area contributed by atoms with Crippen LogP contribution in [0.15, 0.2) is 54.7 Å². The number of hydrogen-bond acceptors (Lipinski definition) is 3. The molecule has 6 nitrogen and oxygen atoms in total. The van der Waals surface area contributed by atoms with E-state index >= 15 is 0 Å². The maximum absolute atomic E-state index is 11.8. The molecule has 1 aromatic carbocycles.